The Morgan fingerprint density at radius 1 is 0.963 bits per heavy atom. The molecule has 0 saturated heterocycles. The van der Waals surface area contributed by atoms with E-state index in [4.69, 9.17) is 25.5 Å². The molecule has 1 atom stereocenters. The van der Waals surface area contributed by atoms with Crippen LogP contribution >= 0.6 is 11.6 Å². The van der Waals surface area contributed by atoms with Crippen LogP contribution < -0.4 is 15.4 Å². The number of para-hydroxylation sites is 1. The largest absolute Gasteiger partial charge is 0.494 e. The van der Waals surface area contributed by atoms with Crippen LogP contribution in [0, 0.1) is 27.7 Å². The third-order valence-corrected chi connectivity index (χ3v) is 10.2. The molecule has 3 aromatic carbocycles. The second-order valence-electron chi connectivity index (χ2n) is 13.4. The molecule has 280 valence electrons. The quantitative estimate of drug-likeness (QED) is 0.0774. The van der Waals surface area contributed by atoms with Crippen molar-refractivity contribution in [1.29, 1.82) is 0 Å². The van der Waals surface area contributed by atoms with E-state index in [9.17, 15) is 14.4 Å². The number of carbonyl (C=O) groups is 3. The van der Waals surface area contributed by atoms with E-state index in [1.54, 1.807) is 6.07 Å². The maximum Gasteiger partial charge on any atom is 0.328 e. The Hall–Kier alpha value is -5.81. The zero-order valence-corrected chi connectivity index (χ0v) is 32.0. The average Bonchev–Trinajstić information content (AvgIpc) is 3.86. The van der Waals surface area contributed by atoms with Crippen LogP contribution in [-0.4, -0.2) is 52.3 Å². The number of aryl methyl sites for hydroxylation is 5. The monoisotopic (exact) mass is 749 g/mol. The number of methoxy groups -OCH3 is 1. The maximum absolute atomic E-state index is 13.9. The van der Waals surface area contributed by atoms with Crippen molar-refractivity contribution in [3.63, 3.8) is 0 Å². The fourth-order valence-corrected chi connectivity index (χ4v) is 6.90. The molecule has 6 rings (SSSR count). The van der Waals surface area contributed by atoms with Gasteiger partial charge in [-0.2, -0.15) is 5.10 Å². The number of esters is 1. The minimum absolute atomic E-state index is 0.00504. The molecule has 3 heterocycles. The van der Waals surface area contributed by atoms with Crippen molar-refractivity contribution in [1.82, 2.24) is 25.4 Å². The molecular weight excluding hydrogens is 706 g/mol. The maximum atomic E-state index is 13.9. The Kier molecular flexibility index (Phi) is 11.6. The van der Waals surface area contributed by atoms with Gasteiger partial charge in [0.15, 0.2) is 5.76 Å². The second-order valence-corrected chi connectivity index (χ2v) is 13.8. The summed E-state index contributed by atoms with van der Waals surface area (Å²) in [7, 11) is 3.19. The number of fused-ring (bicyclic) bond motifs is 1. The molecule has 12 heteroatoms. The lowest BCUT2D eigenvalue weighted by atomic mass is 9.98. The summed E-state index contributed by atoms with van der Waals surface area (Å²) in [5.41, 5.74) is 8.78. The Morgan fingerprint density at radius 3 is 2.39 bits per heavy atom. The van der Waals surface area contributed by atoms with Crippen molar-refractivity contribution in [2.75, 3.05) is 13.7 Å². The van der Waals surface area contributed by atoms with Gasteiger partial charge in [0.05, 0.1) is 31.5 Å². The Morgan fingerprint density at radius 2 is 1.70 bits per heavy atom. The van der Waals surface area contributed by atoms with Crippen LogP contribution in [0.15, 0.2) is 77.2 Å². The number of aromatic amines is 1. The number of hydrogen-bond donors (Lipinski definition) is 3. The molecule has 0 aliphatic rings. The SMILES string of the molecule is COC(=O)[C@H](Cc1ccccc1)NC(=O)c1ccc(CNC(=O)c2[nH]c3c(-c4c(C)nn(C)c4C)cccc3c2CCCOc2cc(C)c(Cl)c(C)c2)o1. The van der Waals surface area contributed by atoms with Gasteiger partial charge in [-0.3, -0.25) is 14.3 Å². The fourth-order valence-electron chi connectivity index (χ4n) is 6.79. The van der Waals surface area contributed by atoms with Crippen molar-refractivity contribution < 1.29 is 28.3 Å². The number of aromatic nitrogens is 3. The van der Waals surface area contributed by atoms with E-state index in [1.807, 2.05) is 100 Å². The average molecular weight is 750 g/mol. The van der Waals surface area contributed by atoms with Gasteiger partial charge >= 0.3 is 5.97 Å². The summed E-state index contributed by atoms with van der Waals surface area (Å²) in [6.45, 7) is 8.38. The number of amides is 2. The lowest BCUT2D eigenvalue weighted by Crippen LogP contribution is -2.43. The minimum atomic E-state index is -0.910. The first-order valence-electron chi connectivity index (χ1n) is 17.8. The lowest BCUT2D eigenvalue weighted by Gasteiger charge is -2.15. The highest BCUT2D eigenvalue weighted by Crippen LogP contribution is 2.36. The molecule has 0 bridgehead atoms. The molecule has 3 aromatic heterocycles. The van der Waals surface area contributed by atoms with E-state index in [1.165, 1.54) is 13.2 Å². The highest BCUT2D eigenvalue weighted by molar-refractivity contribution is 6.32. The molecule has 0 radical (unpaired) electrons. The predicted molar refractivity (Wildman–Crippen MR) is 208 cm³/mol. The number of H-pyrrole nitrogens is 1. The van der Waals surface area contributed by atoms with E-state index in [0.29, 0.717) is 30.9 Å². The number of furan rings is 1. The first-order valence-corrected chi connectivity index (χ1v) is 18.2. The molecule has 11 nitrogen and oxygen atoms in total. The summed E-state index contributed by atoms with van der Waals surface area (Å²) in [6, 6.07) is 21.5. The summed E-state index contributed by atoms with van der Waals surface area (Å²) < 4.78 is 18.7. The van der Waals surface area contributed by atoms with Crippen LogP contribution in [0.3, 0.4) is 0 Å². The zero-order valence-electron chi connectivity index (χ0n) is 31.3. The molecular formula is C42H44ClN5O6. The molecule has 0 aliphatic heterocycles. The lowest BCUT2D eigenvalue weighted by molar-refractivity contribution is -0.142. The third kappa shape index (κ3) is 8.21. The van der Waals surface area contributed by atoms with Gasteiger partial charge in [0.2, 0.25) is 0 Å². The van der Waals surface area contributed by atoms with Gasteiger partial charge in [-0.1, -0.05) is 60.1 Å². The van der Waals surface area contributed by atoms with Crippen molar-refractivity contribution in [2.45, 2.75) is 59.5 Å². The number of nitrogens with one attached hydrogen (secondary N) is 3. The number of ether oxygens (including phenoxy) is 2. The summed E-state index contributed by atoms with van der Waals surface area (Å²) in [6.07, 6.45) is 1.47. The van der Waals surface area contributed by atoms with E-state index in [2.05, 4.69) is 20.7 Å². The van der Waals surface area contributed by atoms with Gasteiger partial charge in [0, 0.05) is 40.7 Å². The Labute approximate surface area is 319 Å². The first-order chi connectivity index (χ1) is 25.9. The van der Waals surface area contributed by atoms with Crippen LogP contribution in [0.4, 0.5) is 0 Å². The fraction of sp³-hybridized carbons (Fsp3) is 0.286. The van der Waals surface area contributed by atoms with E-state index in [0.717, 1.165) is 66.4 Å². The first kappa shape index (κ1) is 37.9. The van der Waals surface area contributed by atoms with E-state index < -0.39 is 17.9 Å². The number of benzene rings is 3. The minimum Gasteiger partial charge on any atom is -0.494 e. The van der Waals surface area contributed by atoms with Crippen LogP contribution in [-0.2, 0) is 36.0 Å². The summed E-state index contributed by atoms with van der Waals surface area (Å²) in [5, 5.41) is 12.0. The molecule has 0 aliphatic carbocycles. The molecule has 0 unspecified atom stereocenters. The number of hydrogen-bond acceptors (Lipinski definition) is 7. The number of carbonyl (C=O) groups excluding carboxylic acids is 3. The zero-order chi connectivity index (χ0) is 38.5. The van der Waals surface area contributed by atoms with Gasteiger partial charge < -0.3 is 29.5 Å². The molecule has 0 saturated carbocycles. The van der Waals surface area contributed by atoms with Gasteiger partial charge in [0.25, 0.3) is 11.8 Å². The van der Waals surface area contributed by atoms with Crippen LogP contribution in [0.25, 0.3) is 22.0 Å². The molecule has 2 amide bonds. The van der Waals surface area contributed by atoms with Crippen molar-refractivity contribution in [2.24, 2.45) is 7.05 Å². The predicted octanol–water partition coefficient (Wildman–Crippen LogP) is 7.50. The summed E-state index contributed by atoms with van der Waals surface area (Å²) >= 11 is 6.36. The van der Waals surface area contributed by atoms with Gasteiger partial charge in [-0.05, 0) is 87.1 Å². The normalized spacial score (nSPS) is 11.8. The molecule has 3 N–H and O–H groups in total. The van der Waals surface area contributed by atoms with E-state index in [-0.39, 0.29) is 24.6 Å². The highest BCUT2D eigenvalue weighted by Gasteiger charge is 2.25. The van der Waals surface area contributed by atoms with Crippen LogP contribution in [0.1, 0.15) is 66.9 Å². The molecule has 54 heavy (non-hydrogen) atoms. The number of halogens is 1. The van der Waals surface area contributed by atoms with Crippen molar-refractivity contribution >= 4 is 40.3 Å². The highest BCUT2D eigenvalue weighted by atomic mass is 35.5. The smallest absolute Gasteiger partial charge is 0.328 e. The van der Waals surface area contributed by atoms with Crippen molar-refractivity contribution in [3.8, 4) is 16.9 Å². The standard InChI is InChI=1S/C42H44ClN5O6/c1-24-20-30(21-25(2)37(24)43)53-19-11-16-32-31-14-10-15-33(36-26(3)47-48(5)27(36)4)38(31)46-39(32)41(50)44-23-29-17-18-35(54-29)40(49)45-34(42(51)52-6)22-28-12-8-7-9-13-28/h7-10,12-15,17-18,20-21,34,46H,11,16,19,22-23H2,1-6H3,(H,44,50)(H,45,49)/t34-/m0/s1. The second kappa shape index (κ2) is 16.5. The number of rotatable bonds is 14. The van der Waals surface area contributed by atoms with Crippen LogP contribution in [0.5, 0.6) is 5.75 Å². The topological polar surface area (TPSA) is 140 Å². The van der Waals surface area contributed by atoms with Gasteiger partial charge in [-0.15, -0.1) is 0 Å². The number of nitrogens with zero attached hydrogens (tertiary/aromatic N) is 2. The summed E-state index contributed by atoms with van der Waals surface area (Å²) in [4.78, 5) is 43.0. The van der Waals surface area contributed by atoms with Crippen LogP contribution in [0.2, 0.25) is 5.02 Å². The summed E-state index contributed by atoms with van der Waals surface area (Å²) in [5.74, 6) is -0.346. The molecule has 6 aromatic rings. The van der Waals surface area contributed by atoms with E-state index >= 15 is 0 Å². The van der Waals surface area contributed by atoms with Crippen molar-refractivity contribution in [3.05, 3.63) is 129 Å². The van der Waals surface area contributed by atoms with Gasteiger partial charge in [0.1, 0.15) is 23.2 Å². The Bertz CT molecular complexity index is 2300. The van der Waals surface area contributed by atoms with Gasteiger partial charge in [-0.25, -0.2) is 4.79 Å². The molecule has 0 spiro atoms. The molecule has 0 fully saturated rings. The third-order valence-electron chi connectivity index (χ3n) is 9.58. The Balaban J connectivity index is 1.20.